The first-order chi connectivity index (χ1) is 19.4. The second kappa shape index (κ2) is 21.7. The molecule has 0 aliphatic rings. The Morgan fingerprint density at radius 3 is 1.50 bits per heavy atom. The molecule has 0 spiro atoms. The lowest BCUT2D eigenvalue weighted by molar-refractivity contribution is 0.0696. The topological polar surface area (TPSA) is 143 Å². The van der Waals surface area contributed by atoms with E-state index < -0.39 is 17.6 Å². The molecule has 2 rings (SSSR count). The van der Waals surface area contributed by atoms with Gasteiger partial charge in [-0.05, 0) is 70.0 Å². The maximum absolute atomic E-state index is 5.80. The van der Waals surface area contributed by atoms with Gasteiger partial charge in [0.2, 0.25) is 0 Å². The highest BCUT2D eigenvalue weighted by Crippen LogP contribution is 2.20. The molecule has 0 saturated heterocycles. The Hall–Kier alpha value is -0.966. The number of aromatic nitrogens is 8. The van der Waals surface area contributed by atoms with Gasteiger partial charge in [-0.25, -0.2) is 4.68 Å². The summed E-state index contributed by atoms with van der Waals surface area (Å²) in [5.41, 5.74) is 0. The molecule has 232 valence electrons. The predicted octanol–water partition coefficient (Wildman–Crippen LogP) is 3.08. The summed E-state index contributed by atoms with van der Waals surface area (Å²) in [6.45, 7) is 16.7. The van der Waals surface area contributed by atoms with Gasteiger partial charge in [0.25, 0.3) is 0 Å². The largest absolute Gasteiger partial charge is 0.500 e. The number of rotatable bonds is 22. The molecule has 0 unspecified atom stereocenters. The van der Waals surface area contributed by atoms with E-state index in [2.05, 4.69) is 56.2 Å². The minimum absolute atomic E-state index is 0.496. The molecule has 2 aromatic heterocycles. The van der Waals surface area contributed by atoms with Crippen LogP contribution in [0.15, 0.2) is 0 Å². The van der Waals surface area contributed by atoms with Gasteiger partial charge in [0.05, 0.1) is 18.1 Å². The minimum Gasteiger partial charge on any atom is -0.374 e. The maximum Gasteiger partial charge on any atom is 0.500 e. The second-order valence-corrected chi connectivity index (χ2v) is 14.2. The molecule has 0 N–H and O–H groups in total. The van der Waals surface area contributed by atoms with Crippen LogP contribution >= 0.6 is 25.3 Å². The molecule has 0 amide bonds. The summed E-state index contributed by atoms with van der Waals surface area (Å²) in [5.74, 6) is 2.43. The van der Waals surface area contributed by atoms with Crippen LogP contribution < -0.4 is 0 Å². The van der Waals surface area contributed by atoms with Crippen LogP contribution in [0.25, 0.3) is 0 Å². The molecule has 0 fully saturated rings. The van der Waals surface area contributed by atoms with E-state index in [4.69, 9.17) is 26.6 Å². The minimum atomic E-state index is -2.56. The molecule has 0 radical (unpaired) electrons. The summed E-state index contributed by atoms with van der Waals surface area (Å²) in [7, 11) is -5.11. The number of tetrazole rings is 2. The van der Waals surface area contributed by atoms with Crippen molar-refractivity contribution < 1.29 is 26.6 Å². The van der Waals surface area contributed by atoms with Crippen LogP contribution in [0.2, 0.25) is 12.1 Å². The Kier molecular flexibility index (Phi) is 20.1. The molecular weight excluding hydrogens is 593 g/mol. The first-order valence-electron chi connectivity index (χ1n) is 14.0. The molecule has 40 heavy (non-hydrogen) atoms. The van der Waals surface area contributed by atoms with E-state index in [1.807, 2.05) is 41.5 Å². The van der Waals surface area contributed by atoms with Crippen molar-refractivity contribution in [2.45, 2.75) is 91.1 Å². The van der Waals surface area contributed by atoms with Crippen LogP contribution in [0.4, 0.5) is 0 Å². The van der Waals surface area contributed by atoms with E-state index in [1.165, 1.54) is 0 Å². The van der Waals surface area contributed by atoms with Crippen LogP contribution in [-0.4, -0.2) is 97.7 Å². The SMILES string of the molecule is CCO[Si](CCCn1nnc(CS)n1)(OCC)OCC.CCO[Si](CCCn1nnnc1CS)(OCC)OCC. The van der Waals surface area contributed by atoms with Gasteiger partial charge in [-0.3, -0.25) is 0 Å². The van der Waals surface area contributed by atoms with Crippen molar-refractivity contribution >= 4 is 42.9 Å². The number of hydrogen-bond acceptors (Lipinski definition) is 14. The highest BCUT2D eigenvalue weighted by Gasteiger charge is 2.40. The van der Waals surface area contributed by atoms with E-state index in [9.17, 15) is 0 Å². The van der Waals surface area contributed by atoms with Crippen LogP contribution in [0, 0.1) is 0 Å². The number of nitrogens with zero attached hydrogens (tertiary/aromatic N) is 8. The van der Waals surface area contributed by atoms with Crippen molar-refractivity contribution in [3.63, 3.8) is 0 Å². The summed E-state index contributed by atoms with van der Waals surface area (Å²) < 4.78 is 36.5. The van der Waals surface area contributed by atoms with Crippen LogP contribution in [-0.2, 0) is 51.2 Å². The van der Waals surface area contributed by atoms with Crippen molar-refractivity contribution in [2.75, 3.05) is 39.6 Å². The fraction of sp³-hybridized carbons (Fsp3) is 0.909. The molecule has 0 aliphatic heterocycles. The Balaban J connectivity index is 0.000000400. The van der Waals surface area contributed by atoms with Gasteiger partial charge >= 0.3 is 17.6 Å². The summed E-state index contributed by atoms with van der Waals surface area (Å²) in [6, 6.07) is 1.51. The molecule has 0 aromatic carbocycles. The number of aryl methyl sites for hydroxylation is 2. The maximum atomic E-state index is 5.80. The lowest BCUT2D eigenvalue weighted by atomic mass is 10.5. The first kappa shape index (κ1) is 37.1. The highest BCUT2D eigenvalue weighted by atomic mass is 32.1. The fourth-order valence-corrected chi connectivity index (χ4v) is 9.37. The van der Waals surface area contributed by atoms with Crippen molar-refractivity contribution in [1.82, 2.24) is 40.4 Å². The molecule has 0 atom stereocenters. The van der Waals surface area contributed by atoms with E-state index in [0.717, 1.165) is 30.8 Å². The fourth-order valence-electron chi connectivity index (χ4n) is 3.83. The van der Waals surface area contributed by atoms with E-state index in [-0.39, 0.29) is 0 Å². The van der Waals surface area contributed by atoms with E-state index in [1.54, 1.807) is 9.48 Å². The van der Waals surface area contributed by atoms with Gasteiger partial charge in [-0.1, -0.05) is 0 Å². The summed E-state index contributed by atoms with van der Waals surface area (Å²) in [6.07, 6.45) is 1.67. The van der Waals surface area contributed by atoms with Gasteiger partial charge in [0, 0.05) is 58.3 Å². The Morgan fingerprint density at radius 1 is 0.625 bits per heavy atom. The Labute approximate surface area is 251 Å². The van der Waals surface area contributed by atoms with Crippen molar-refractivity contribution in [1.29, 1.82) is 0 Å². The van der Waals surface area contributed by atoms with E-state index in [0.29, 0.717) is 70.1 Å². The average Bonchev–Trinajstić information content (AvgIpc) is 3.59. The Morgan fingerprint density at radius 2 is 1.10 bits per heavy atom. The molecule has 0 bridgehead atoms. The number of thiol groups is 2. The third-order valence-corrected chi connectivity index (χ3v) is 12.1. The summed E-state index contributed by atoms with van der Waals surface area (Å²) >= 11 is 8.31. The Bertz CT molecular complexity index is 867. The standard InChI is InChI=1S/2C11H24N4O3SSi/c1-4-16-20(17-5-2,18-6-3)9-7-8-15-11(10-19)12-13-14-15;1-4-16-20(17-5-2,18-6-3)9-7-8-15-13-11(10-19)12-14-15/h2*19H,4-10H2,1-3H3. The first-order valence-corrected chi connectivity index (χ1v) is 19.1. The van der Waals surface area contributed by atoms with Gasteiger partial charge in [0.15, 0.2) is 11.6 Å². The number of hydrogen-bond donors (Lipinski definition) is 2. The predicted molar refractivity (Wildman–Crippen MR) is 161 cm³/mol. The summed E-state index contributed by atoms with van der Waals surface area (Å²) in [4.78, 5) is 1.58. The van der Waals surface area contributed by atoms with Gasteiger partial charge in [0.1, 0.15) is 0 Å². The summed E-state index contributed by atoms with van der Waals surface area (Å²) in [5, 5.41) is 23.5. The lowest BCUT2D eigenvalue weighted by Crippen LogP contribution is -2.46. The normalized spacial score (nSPS) is 12.0. The van der Waals surface area contributed by atoms with Crippen LogP contribution in [0.5, 0.6) is 0 Å². The molecular formula is C22H48N8O6S2Si2. The highest BCUT2D eigenvalue weighted by molar-refractivity contribution is 7.79. The zero-order chi connectivity index (χ0) is 29.7. The molecule has 0 aliphatic carbocycles. The van der Waals surface area contributed by atoms with Crippen molar-refractivity contribution in [3.8, 4) is 0 Å². The zero-order valence-electron chi connectivity index (χ0n) is 24.8. The van der Waals surface area contributed by atoms with Crippen LogP contribution in [0.3, 0.4) is 0 Å². The quantitative estimate of drug-likeness (QED) is 0.144. The van der Waals surface area contributed by atoms with Gasteiger partial charge < -0.3 is 26.6 Å². The molecule has 18 heteroatoms. The molecule has 2 heterocycles. The van der Waals surface area contributed by atoms with Crippen LogP contribution in [0.1, 0.15) is 66.0 Å². The molecule has 0 saturated carbocycles. The molecule has 14 nitrogen and oxygen atoms in total. The second-order valence-electron chi connectivity index (χ2n) is 8.11. The average molecular weight is 641 g/mol. The van der Waals surface area contributed by atoms with Gasteiger partial charge in [-0.2, -0.15) is 30.1 Å². The third kappa shape index (κ3) is 13.3. The van der Waals surface area contributed by atoms with Crippen molar-refractivity contribution in [3.05, 3.63) is 11.6 Å². The van der Waals surface area contributed by atoms with Gasteiger partial charge in [-0.15, -0.1) is 15.3 Å². The lowest BCUT2D eigenvalue weighted by Gasteiger charge is -2.28. The third-order valence-electron chi connectivity index (χ3n) is 5.26. The van der Waals surface area contributed by atoms with Crippen molar-refractivity contribution in [2.24, 2.45) is 0 Å². The van der Waals surface area contributed by atoms with E-state index >= 15 is 0 Å². The molecule has 2 aromatic rings. The smallest absolute Gasteiger partial charge is 0.374 e. The zero-order valence-corrected chi connectivity index (χ0v) is 28.6. The monoisotopic (exact) mass is 640 g/mol.